The van der Waals surface area contributed by atoms with Gasteiger partial charge in [-0.05, 0) is 13.0 Å². The summed E-state index contributed by atoms with van der Waals surface area (Å²) in [6.45, 7) is 1.60. The Kier molecular flexibility index (Phi) is 3.64. The molecule has 0 fully saturated rings. The molecule has 1 heterocycles. The van der Waals surface area contributed by atoms with Gasteiger partial charge in [0.1, 0.15) is 0 Å². The van der Waals surface area contributed by atoms with Gasteiger partial charge in [0, 0.05) is 17.1 Å². The summed E-state index contributed by atoms with van der Waals surface area (Å²) >= 11 is 0. The summed E-state index contributed by atoms with van der Waals surface area (Å²) in [6, 6.07) is 9.05. The summed E-state index contributed by atoms with van der Waals surface area (Å²) < 4.78 is 0. The predicted molar refractivity (Wildman–Crippen MR) is 71.1 cm³/mol. The molecular weight excluding hydrogens is 228 g/mol. The van der Waals surface area contributed by atoms with Gasteiger partial charge in [0.2, 0.25) is 0 Å². The van der Waals surface area contributed by atoms with E-state index in [0.717, 1.165) is 16.5 Å². The van der Waals surface area contributed by atoms with Gasteiger partial charge in [0.25, 0.3) is 5.91 Å². The van der Waals surface area contributed by atoms with Crippen molar-refractivity contribution in [3.05, 3.63) is 42.1 Å². The Balaban J connectivity index is 2.22. The van der Waals surface area contributed by atoms with Crippen LogP contribution >= 0.6 is 0 Å². The van der Waals surface area contributed by atoms with E-state index in [9.17, 15) is 4.79 Å². The van der Waals surface area contributed by atoms with Crippen LogP contribution in [0.2, 0.25) is 0 Å². The van der Waals surface area contributed by atoms with Crippen LogP contribution in [0.4, 0.5) is 0 Å². The lowest BCUT2D eigenvalue weighted by Gasteiger charge is -2.02. The molecule has 3 N–H and O–H groups in total. The van der Waals surface area contributed by atoms with Gasteiger partial charge in [-0.1, -0.05) is 24.3 Å². The molecule has 5 nitrogen and oxygen atoms in total. The zero-order valence-electron chi connectivity index (χ0n) is 10.00. The predicted octanol–water partition coefficient (Wildman–Crippen LogP) is 1.03. The van der Waals surface area contributed by atoms with Crippen molar-refractivity contribution in [3.63, 3.8) is 0 Å². The molecule has 0 saturated heterocycles. The number of rotatable bonds is 3. The summed E-state index contributed by atoms with van der Waals surface area (Å²) in [4.78, 5) is 15.5. The highest BCUT2D eigenvalue weighted by atomic mass is 16.2. The number of nitrogens with two attached hydrogens (primary N) is 1. The fraction of sp³-hybridized carbons (Fsp3) is 0.154. The molecule has 92 valence electrons. The van der Waals surface area contributed by atoms with Gasteiger partial charge in [-0.3, -0.25) is 9.78 Å². The van der Waals surface area contributed by atoms with Gasteiger partial charge in [-0.15, -0.1) is 0 Å². The molecule has 2 aromatic rings. The highest BCUT2D eigenvalue weighted by Gasteiger charge is 2.04. The smallest absolute Gasteiger partial charge is 0.256 e. The topological polar surface area (TPSA) is 80.4 Å². The number of fused-ring (bicyclic) bond motifs is 1. The molecule has 5 heteroatoms. The lowest BCUT2D eigenvalue weighted by molar-refractivity contribution is -0.121. The monoisotopic (exact) mass is 242 g/mol. The van der Waals surface area contributed by atoms with E-state index in [-0.39, 0.29) is 5.91 Å². The molecule has 0 aliphatic carbocycles. The second-order valence-electron chi connectivity index (χ2n) is 3.95. The van der Waals surface area contributed by atoms with Crippen LogP contribution in [-0.2, 0) is 4.79 Å². The van der Waals surface area contributed by atoms with Crippen LogP contribution in [-0.4, -0.2) is 23.1 Å². The fourth-order valence-electron chi connectivity index (χ4n) is 1.50. The summed E-state index contributed by atoms with van der Waals surface area (Å²) in [5.41, 5.74) is 9.47. The van der Waals surface area contributed by atoms with Crippen LogP contribution in [0.3, 0.4) is 0 Å². The number of para-hydroxylation sites is 1. The quantitative estimate of drug-likeness (QED) is 0.623. The average molecular weight is 242 g/mol. The first-order chi connectivity index (χ1) is 8.68. The number of aromatic nitrogens is 1. The summed E-state index contributed by atoms with van der Waals surface area (Å²) in [7, 11) is 0. The third-order valence-electron chi connectivity index (χ3n) is 2.46. The molecule has 0 spiro atoms. The van der Waals surface area contributed by atoms with Crippen LogP contribution in [0.15, 0.2) is 41.6 Å². The molecule has 0 aliphatic heterocycles. The summed E-state index contributed by atoms with van der Waals surface area (Å²) in [5.74, 6) is -0.320. The van der Waals surface area contributed by atoms with E-state index < -0.39 is 6.04 Å². The van der Waals surface area contributed by atoms with Crippen molar-refractivity contribution in [2.45, 2.75) is 13.0 Å². The molecule has 2 rings (SSSR count). The molecule has 0 bridgehead atoms. The van der Waals surface area contributed by atoms with Gasteiger partial charge in [-0.25, -0.2) is 5.43 Å². The number of benzene rings is 1. The molecule has 1 aromatic heterocycles. The van der Waals surface area contributed by atoms with Crippen LogP contribution in [0, 0.1) is 0 Å². The van der Waals surface area contributed by atoms with E-state index in [4.69, 9.17) is 5.73 Å². The lowest BCUT2D eigenvalue weighted by Crippen LogP contribution is -2.35. The van der Waals surface area contributed by atoms with Crippen molar-refractivity contribution >= 4 is 23.0 Å². The Morgan fingerprint density at radius 2 is 2.22 bits per heavy atom. The Hall–Kier alpha value is -2.27. The minimum absolute atomic E-state index is 0.320. The van der Waals surface area contributed by atoms with Crippen molar-refractivity contribution < 1.29 is 4.79 Å². The highest BCUT2D eigenvalue weighted by molar-refractivity contribution is 5.97. The maximum atomic E-state index is 11.2. The van der Waals surface area contributed by atoms with E-state index in [2.05, 4.69) is 15.5 Å². The maximum Gasteiger partial charge on any atom is 0.256 e. The number of carbonyl (C=O) groups excluding carboxylic acids is 1. The number of hydrogen-bond donors (Lipinski definition) is 2. The third-order valence-corrected chi connectivity index (χ3v) is 2.46. The van der Waals surface area contributed by atoms with Gasteiger partial charge >= 0.3 is 0 Å². The minimum Gasteiger partial charge on any atom is -0.320 e. The van der Waals surface area contributed by atoms with Crippen molar-refractivity contribution in [1.82, 2.24) is 10.4 Å². The lowest BCUT2D eigenvalue weighted by atomic mass is 10.1. The fourth-order valence-corrected chi connectivity index (χ4v) is 1.50. The third kappa shape index (κ3) is 2.70. The number of nitrogens with zero attached hydrogens (tertiary/aromatic N) is 2. The first-order valence-corrected chi connectivity index (χ1v) is 5.61. The Morgan fingerprint density at radius 1 is 1.44 bits per heavy atom. The number of carbonyl (C=O) groups is 1. The van der Waals surface area contributed by atoms with Crippen LogP contribution in [0.5, 0.6) is 0 Å². The zero-order valence-corrected chi connectivity index (χ0v) is 10.00. The van der Waals surface area contributed by atoms with E-state index in [1.165, 1.54) is 0 Å². The molecule has 18 heavy (non-hydrogen) atoms. The molecule has 1 atom stereocenters. The van der Waals surface area contributed by atoms with Gasteiger partial charge < -0.3 is 5.73 Å². The molecular formula is C13H14N4O. The van der Waals surface area contributed by atoms with Crippen molar-refractivity contribution in [1.29, 1.82) is 0 Å². The largest absolute Gasteiger partial charge is 0.320 e. The van der Waals surface area contributed by atoms with Crippen molar-refractivity contribution in [2.24, 2.45) is 10.8 Å². The number of nitrogens with one attached hydrogen (secondary N) is 1. The van der Waals surface area contributed by atoms with Crippen LogP contribution < -0.4 is 11.2 Å². The number of hydrazone groups is 1. The average Bonchev–Trinajstić information content (AvgIpc) is 2.38. The van der Waals surface area contributed by atoms with Crippen molar-refractivity contribution in [2.75, 3.05) is 0 Å². The number of hydrogen-bond acceptors (Lipinski definition) is 4. The zero-order chi connectivity index (χ0) is 13.0. The molecule has 0 aliphatic rings. The standard InChI is InChI=1S/C13H14N4O/c1-9(14)13(18)17-16-8-11-5-2-4-10-6-3-7-15-12(10)11/h2-9H,14H2,1H3,(H,17,18). The van der Waals surface area contributed by atoms with Crippen LogP contribution in [0.1, 0.15) is 12.5 Å². The molecule has 1 unspecified atom stereocenters. The van der Waals surface area contributed by atoms with E-state index in [0.29, 0.717) is 0 Å². The Bertz CT molecular complexity index is 587. The van der Waals surface area contributed by atoms with E-state index >= 15 is 0 Å². The van der Waals surface area contributed by atoms with E-state index in [1.54, 1.807) is 19.3 Å². The second-order valence-corrected chi connectivity index (χ2v) is 3.95. The first kappa shape index (κ1) is 12.2. The normalized spacial score (nSPS) is 12.8. The maximum absolute atomic E-state index is 11.2. The van der Waals surface area contributed by atoms with Gasteiger partial charge in [0.15, 0.2) is 0 Å². The van der Waals surface area contributed by atoms with Crippen LogP contribution in [0.25, 0.3) is 10.9 Å². The SMILES string of the molecule is CC(N)C(=O)NN=Cc1cccc2cccnc12. The first-order valence-electron chi connectivity index (χ1n) is 5.61. The highest BCUT2D eigenvalue weighted by Crippen LogP contribution is 2.13. The van der Waals surface area contributed by atoms with Crippen molar-refractivity contribution in [3.8, 4) is 0 Å². The number of pyridine rings is 1. The second kappa shape index (κ2) is 5.37. The molecule has 0 saturated carbocycles. The number of amides is 1. The van der Waals surface area contributed by atoms with Gasteiger partial charge in [0.05, 0.1) is 17.8 Å². The Morgan fingerprint density at radius 3 is 3.00 bits per heavy atom. The Labute approximate surface area is 105 Å². The molecule has 1 aromatic carbocycles. The summed E-state index contributed by atoms with van der Waals surface area (Å²) in [6.07, 6.45) is 3.29. The molecule has 0 radical (unpaired) electrons. The van der Waals surface area contributed by atoms with E-state index in [1.807, 2.05) is 30.3 Å². The van der Waals surface area contributed by atoms with Gasteiger partial charge in [-0.2, -0.15) is 5.10 Å². The molecule has 1 amide bonds. The minimum atomic E-state index is -0.576. The summed E-state index contributed by atoms with van der Waals surface area (Å²) in [5, 5.41) is 4.90.